The van der Waals surface area contributed by atoms with Crippen LogP contribution in [-0.2, 0) is 34.1 Å². The molecule has 5 aromatic rings. The fraction of sp³-hybridized carbons (Fsp3) is 0.306. The average molecular weight is 860 g/mol. The summed E-state index contributed by atoms with van der Waals surface area (Å²) in [6.07, 6.45) is 3.82. The Hall–Kier alpha value is -5.90. The van der Waals surface area contributed by atoms with Gasteiger partial charge < -0.3 is 28.4 Å². The van der Waals surface area contributed by atoms with Gasteiger partial charge in [0.25, 0.3) is 10.0 Å². The van der Waals surface area contributed by atoms with Crippen LogP contribution in [-0.4, -0.2) is 99.2 Å². The lowest BCUT2D eigenvalue weighted by molar-refractivity contribution is -0.154. The molecule has 1 aliphatic rings. The first-order chi connectivity index (χ1) is 27.7. The van der Waals surface area contributed by atoms with E-state index in [1.54, 1.807) is 54.1 Å². The number of ether oxygens (including phenoxy) is 6. The van der Waals surface area contributed by atoms with Gasteiger partial charge in [-0.3, -0.25) is 5.32 Å². The number of fused-ring (bicyclic) bond motifs is 1. The van der Waals surface area contributed by atoms with Gasteiger partial charge in [-0.05, 0) is 74.4 Å². The molecule has 2 N–H and O–H groups in total. The van der Waals surface area contributed by atoms with Crippen LogP contribution >= 0.6 is 11.6 Å². The van der Waals surface area contributed by atoms with Crippen molar-refractivity contribution in [2.75, 3.05) is 38.5 Å². The summed E-state index contributed by atoms with van der Waals surface area (Å²) in [4.78, 5) is 43.6. The molecule has 3 aromatic heterocycles. The van der Waals surface area contributed by atoms with Crippen molar-refractivity contribution in [3.05, 3.63) is 78.1 Å². The summed E-state index contributed by atoms with van der Waals surface area (Å²) in [5, 5.41) is 1.91. The highest BCUT2D eigenvalue weighted by atomic mass is 35.5. The second-order valence-electron chi connectivity index (χ2n) is 12.0. The number of hydrogen-bond donors (Lipinski definition) is 2. The summed E-state index contributed by atoms with van der Waals surface area (Å²) < 4.78 is 82.8. The molecule has 0 aliphatic carbocycles. The predicted octanol–water partition coefficient (Wildman–Crippen LogP) is 4.76. The molecule has 2 atom stereocenters. The van der Waals surface area contributed by atoms with Gasteiger partial charge in [0.1, 0.15) is 23.0 Å². The highest BCUT2D eigenvalue weighted by molar-refractivity contribution is 7.93. The summed E-state index contributed by atoms with van der Waals surface area (Å²) in [7, 11) is -5.85. The Morgan fingerprint density at radius 3 is 2.28 bits per heavy atom. The second kappa shape index (κ2) is 19.5. The normalized spacial score (nSPS) is 14.3. The number of nitrogens with zero attached hydrogens (tertiary/aromatic N) is 5. The van der Waals surface area contributed by atoms with E-state index in [1.165, 1.54) is 39.5 Å². The quantitative estimate of drug-likeness (QED) is 0.143. The minimum Gasteiger partial charge on any atom is -0.481 e. The molecule has 4 heterocycles. The van der Waals surface area contributed by atoms with Gasteiger partial charge in [-0.25, -0.2) is 37.7 Å². The van der Waals surface area contributed by atoms with Crippen LogP contribution in [0.3, 0.4) is 0 Å². The molecule has 1 saturated heterocycles. The van der Waals surface area contributed by atoms with Gasteiger partial charge in [-0.15, -0.1) is 0 Å². The molecule has 58 heavy (non-hydrogen) atoms. The third-order valence-electron chi connectivity index (χ3n) is 7.86. The van der Waals surface area contributed by atoms with E-state index < -0.39 is 47.9 Å². The standard InChI is InChI=1S/C22H21ClN2O5.C14H17N5O7S2/c1-14(22(26)28-13-18-3-2-10-27-18)29-16-5-7-17(8-6-16)30-21-12-24-20-11-15(23)4-9-19(20)25-21;1-4-27(21,22)9-6-5-7-15-12(9)28(23,24)19-14(20)18-13-16-10(25-2)8-11(17-13)26-3/h4-9,11-12,14,18H,2-3,10,13H2,1H3;5-8H,4H2,1-3H3,(H2,16,17,18,19,20). The zero-order chi connectivity index (χ0) is 41.9. The highest BCUT2D eigenvalue weighted by Gasteiger charge is 2.29. The summed E-state index contributed by atoms with van der Waals surface area (Å²) in [5.41, 5.74) is 1.38. The van der Waals surface area contributed by atoms with E-state index in [0.29, 0.717) is 33.4 Å². The van der Waals surface area contributed by atoms with E-state index >= 15 is 0 Å². The van der Waals surface area contributed by atoms with Gasteiger partial charge in [-0.2, -0.15) is 18.4 Å². The zero-order valence-electron chi connectivity index (χ0n) is 31.4. The van der Waals surface area contributed by atoms with Gasteiger partial charge in [0.15, 0.2) is 21.0 Å². The van der Waals surface area contributed by atoms with Crippen LogP contribution in [0.4, 0.5) is 10.7 Å². The molecule has 308 valence electrons. The summed E-state index contributed by atoms with van der Waals surface area (Å²) in [6, 6.07) is 14.6. The van der Waals surface area contributed by atoms with Crippen molar-refractivity contribution in [3.63, 3.8) is 0 Å². The number of methoxy groups -OCH3 is 2. The number of amides is 2. The number of urea groups is 1. The van der Waals surface area contributed by atoms with Crippen LogP contribution in [0, 0.1) is 0 Å². The van der Waals surface area contributed by atoms with Crippen LogP contribution in [0.1, 0.15) is 26.7 Å². The Morgan fingerprint density at radius 2 is 1.62 bits per heavy atom. The van der Waals surface area contributed by atoms with Gasteiger partial charge in [0, 0.05) is 17.8 Å². The van der Waals surface area contributed by atoms with E-state index in [-0.39, 0.29) is 36.2 Å². The van der Waals surface area contributed by atoms with Crippen molar-refractivity contribution in [1.29, 1.82) is 0 Å². The Bertz CT molecular complexity index is 2430. The monoisotopic (exact) mass is 859 g/mol. The van der Waals surface area contributed by atoms with Crippen LogP contribution in [0.25, 0.3) is 11.0 Å². The number of pyridine rings is 1. The van der Waals surface area contributed by atoms with Crippen molar-refractivity contribution < 1.29 is 54.8 Å². The van der Waals surface area contributed by atoms with Gasteiger partial charge >= 0.3 is 12.0 Å². The number of aromatic nitrogens is 5. The van der Waals surface area contributed by atoms with Crippen LogP contribution in [0.2, 0.25) is 5.02 Å². The Kier molecular flexibility index (Phi) is 14.5. The topological polar surface area (TPSA) is 246 Å². The van der Waals surface area contributed by atoms with Crippen LogP contribution in [0.15, 0.2) is 83.0 Å². The summed E-state index contributed by atoms with van der Waals surface area (Å²) >= 11 is 5.96. The van der Waals surface area contributed by atoms with E-state index in [9.17, 15) is 26.4 Å². The van der Waals surface area contributed by atoms with Crippen molar-refractivity contribution in [1.82, 2.24) is 29.6 Å². The van der Waals surface area contributed by atoms with Crippen LogP contribution in [0.5, 0.6) is 29.1 Å². The number of rotatable bonds is 14. The van der Waals surface area contributed by atoms with E-state index in [4.69, 9.17) is 40.0 Å². The van der Waals surface area contributed by atoms with Gasteiger partial charge in [-0.1, -0.05) is 18.5 Å². The number of carbonyl (C=O) groups is 2. The maximum atomic E-state index is 12.5. The molecule has 1 fully saturated rings. The molecule has 22 heteroatoms. The van der Waals surface area contributed by atoms with E-state index in [0.717, 1.165) is 31.7 Å². The molecular weight excluding hydrogens is 822 g/mol. The predicted molar refractivity (Wildman–Crippen MR) is 208 cm³/mol. The molecule has 19 nitrogen and oxygen atoms in total. The number of nitrogens with one attached hydrogen (secondary N) is 2. The first-order valence-electron chi connectivity index (χ1n) is 17.3. The molecule has 2 unspecified atom stereocenters. The van der Waals surface area contributed by atoms with E-state index in [2.05, 4.69) is 30.2 Å². The van der Waals surface area contributed by atoms with E-state index in [1.807, 2.05) is 0 Å². The molecule has 1 aliphatic heterocycles. The van der Waals surface area contributed by atoms with Crippen molar-refractivity contribution in [2.45, 2.75) is 48.8 Å². The molecule has 2 amide bonds. The van der Waals surface area contributed by atoms with Gasteiger partial charge in [0.2, 0.25) is 23.6 Å². The van der Waals surface area contributed by atoms with Crippen molar-refractivity contribution in [3.8, 4) is 29.1 Å². The van der Waals surface area contributed by atoms with Crippen LogP contribution < -0.4 is 29.0 Å². The smallest absolute Gasteiger partial charge is 0.347 e. The number of benzene rings is 2. The Morgan fingerprint density at radius 1 is 0.914 bits per heavy atom. The number of esters is 1. The molecule has 0 saturated carbocycles. The number of anilines is 1. The second-order valence-corrected chi connectivity index (χ2v) is 16.3. The maximum Gasteiger partial charge on any atom is 0.347 e. The lowest BCUT2D eigenvalue weighted by Crippen LogP contribution is -2.36. The molecule has 0 bridgehead atoms. The highest BCUT2D eigenvalue weighted by Crippen LogP contribution is 2.26. The van der Waals surface area contributed by atoms with Crippen molar-refractivity contribution >= 4 is 60.4 Å². The average Bonchev–Trinajstić information content (AvgIpc) is 3.74. The molecule has 6 rings (SSSR count). The largest absolute Gasteiger partial charge is 0.481 e. The third-order valence-corrected chi connectivity index (χ3v) is 11.3. The third kappa shape index (κ3) is 11.8. The Balaban J connectivity index is 0.000000222. The molecule has 0 spiro atoms. The number of halogens is 1. The number of hydrogen-bond acceptors (Lipinski definition) is 17. The minimum absolute atomic E-state index is 0.00669. The number of sulfone groups is 1. The zero-order valence-corrected chi connectivity index (χ0v) is 33.8. The van der Waals surface area contributed by atoms with Crippen molar-refractivity contribution in [2.24, 2.45) is 0 Å². The lowest BCUT2D eigenvalue weighted by Gasteiger charge is -2.16. The SMILES string of the molecule is CC(Oc1ccc(Oc2cnc3cc(Cl)ccc3n2)cc1)C(=O)OCC1CCCO1.CCS(=O)(=O)c1cccnc1S(=O)(=O)NC(=O)Nc1nc(OC)cc(OC)n1. The number of carbonyl (C=O) groups excluding carboxylic acids is 2. The molecule has 2 aromatic carbocycles. The Labute approximate surface area is 338 Å². The lowest BCUT2D eigenvalue weighted by atomic mass is 10.2. The molecular formula is C36H38ClN7O12S2. The fourth-order valence-corrected chi connectivity index (χ4v) is 7.70. The summed E-state index contributed by atoms with van der Waals surface area (Å²) in [6.45, 7) is 3.99. The number of sulfonamides is 1. The van der Waals surface area contributed by atoms with Gasteiger partial charge in [0.05, 0.1) is 49.4 Å². The molecule has 0 radical (unpaired) electrons. The fourth-order valence-electron chi connectivity index (χ4n) is 4.98. The first-order valence-corrected chi connectivity index (χ1v) is 20.8. The minimum atomic E-state index is -4.61. The maximum absolute atomic E-state index is 12.5. The first kappa shape index (κ1) is 43.2. The summed E-state index contributed by atoms with van der Waals surface area (Å²) in [5.74, 6) is 0.525.